The normalized spacial score (nSPS) is 10.3. The maximum absolute atomic E-state index is 12.7. The second kappa shape index (κ2) is 3.64. The molecular formula is C9H5F3N2O. The summed E-state index contributed by atoms with van der Waals surface area (Å²) in [5.74, 6) is -4.31. The number of benzene rings is 1. The molecule has 78 valence electrons. The number of halogens is 3. The first-order valence-corrected chi connectivity index (χ1v) is 3.99. The van der Waals surface area contributed by atoms with Gasteiger partial charge in [0.2, 0.25) is 0 Å². The van der Waals surface area contributed by atoms with Crippen LogP contribution in [0.3, 0.4) is 0 Å². The maximum Gasteiger partial charge on any atom is 0.194 e. The molecule has 0 N–H and O–H groups in total. The second-order valence-electron chi connectivity index (χ2n) is 2.70. The van der Waals surface area contributed by atoms with Crippen LogP contribution in [0, 0.1) is 17.5 Å². The number of hydrogen-bond acceptors (Lipinski definition) is 2. The zero-order chi connectivity index (χ0) is 10.8. The maximum atomic E-state index is 12.7. The van der Waals surface area contributed by atoms with E-state index in [9.17, 15) is 13.2 Å². The Morgan fingerprint density at radius 2 is 1.80 bits per heavy atom. The van der Waals surface area contributed by atoms with Crippen molar-refractivity contribution in [3.05, 3.63) is 48.0 Å². The Morgan fingerprint density at radius 1 is 1.13 bits per heavy atom. The molecule has 0 amide bonds. The molecule has 3 nitrogen and oxygen atoms in total. The summed E-state index contributed by atoms with van der Waals surface area (Å²) in [5.41, 5.74) is 0. The lowest BCUT2D eigenvalue weighted by molar-refractivity contribution is 0.176. The predicted molar refractivity (Wildman–Crippen MR) is 44.6 cm³/mol. The highest BCUT2D eigenvalue weighted by Gasteiger charge is 2.11. The molecular weight excluding hydrogens is 209 g/mol. The molecule has 0 saturated heterocycles. The van der Waals surface area contributed by atoms with Crippen LogP contribution in [-0.4, -0.2) is 9.94 Å². The van der Waals surface area contributed by atoms with Gasteiger partial charge in [0.1, 0.15) is 0 Å². The highest BCUT2D eigenvalue weighted by atomic mass is 19.2. The summed E-state index contributed by atoms with van der Waals surface area (Å²) in [5, 5.41) is 3.65. The fraction of sp³-hybridized carbons (Fsp3) is 0. The van der Waals surface area contributed by atoms with Crippen LogP contribution in [0.25, 0.3) is 0 Å². The number of rotatable bonds is 2. The summed E-state index contributed by atoms with van der Waals surface area (Å²) in [6.45, 7) is 0. The summed E-state index contributed by atoms with van der Waals surface area (Å²) in [6, 6.07) is 3.04. The molecule has 1 aromatic carbocycles. The Bertz CT molecular complexity index is 447. The molecule has 0 radical (unpaired) electrons. The molecule has 0 aliphatic heterocycles. The Kier molecular flexibility index (Phi) is 2.32. The van der Waals surface area contributed by atoms with Crippen LogP contribution in [0.1, 0.15) is 0 Å². The Hall–Kier alpha value is -1.98. The molecule has 0 aliphatic carbocycles. The Labute approximate surface area is 82.7 Å². The van der Waals surface area contributed by atoms with Crippen molar-refractivity contribution in [2.75, 3.05) is 0 Å². The van der Waals surface area contributed by atoms with Crippen molar-refractivity contribution in [3.63, 3.8) is 0 Å². The highest BCUT2D eigenvalue weighted by Crippen LogP contribution is 2.19. The van der Waals surface area contributed by atoms with Crippen LogP contribution >= 0.6 is 0 Å². The van der Waals surface area contributed by atoms with E-state index in [0.717, 1.165) is 17.0 Å². The summed E-state index contributed by atoms with van der Waals surface area (Å²) < 4.78 is 38.0. The fourth-order valence-corrected chi connectivity index (χ4v) is 1.00. The quantitative estimate of drug-likeness (QED) is 0.716. The van der Waals surface area contributed by atoms with E-state index in [1.807, 2.05) is 0 Å². The summed E-state index contributed by atoms with van der Waals surface area (Å²) in [6.07, 6.45) is 2.86. The Balaban J connectivity index is 2.30. The van der Waals surface area contributed by atoms with Crippen molar-refractivity contribution in [1.29, 1.82) is 0 Å². The molecule has 2 aromatic rings. The van der Waals surface area contributed by atoms with E-state index >= 15 is 0 Å². The van der Waals surface area contributed by atoms with Gasteiger partial charge in [0, 0.05) is 12.1 Å². The lowest BCUT2D eigenvalue weighted by atomic mass is 10.3. The topological polar surface area (TPSA) is 27.1 Å². The molecule has 0 saturated carbocycles. The van der Waals surface area contributed by atoms with Crippen LogP contribution in [0.2, 0.25) is 0 Å². The molecule has 1 aromatic heterocycles. The van der Waals surface area contributed by atoms with Gasteiger partial charge >= 0.3 is 0 Å². The van der Waals surface area contributed by atoms with E-state index in [0.29, 0.717) is 0 Å². The summed E-state index contributed by atoms with van der Waals surface area (Å²) >= 11 is 0. The molecule has 0 aliphatic rings. The van der Waals surface area contributed by atoms with Crippen molar-refractivity contribution in [3.8, 4) is 5.75 Å². The van der Waals surface area contributed by atoms with E-state index in [-0.39, 0.29) is 5.75 Å². The van der Waals surface area contributed by atoms with Crippen LogP contribution in [0.4, 0.5) is 13.2 Å². The highest BCUT2D eigenvalue weighted by molar-refractivity contribution is 5.24. The molecule has 1 heterocycles. The van der Waals surface area contributed by atoms with Gasteiger partial charge in [-0.3, -0.25) is 0 Å². The van der Waals surface area contributed by atoms with Gasteiger partial charge in [0.05, 0.1) is 12.4 Å². The average molecular weight is 214 g/mol. The van der Waals surface area contributed by atoms with E-state index < -0.39 is 17.5 Å². The van der Waals surface area contributed by atoms with Gasteiger partial charge in [0.15, 0.2) is 23.2 Å². The zero-order valence-corrected chi connectivity index (χ0v) is 7.32. The third-order valence-corrected chi connectivity index (χ3v) is 1.64. The third kappa shape index (κ3) is 1.93. The number of aromatic nitrogens is 2. The number of nitrogens with zero attached hydrogens (tertiary/aromatic N) is 2. The summed E-state index contributed by atoms with van der Waals surface area (Å²) in [4.78, 5) is 5.89. The van der Waals surface area contributed by atoms with Crippen molar-refractivity contribution in [2.45, 2.75) is 0 Å². The largest absolute Gasteiger partial charge is 0.358 e. The molecule has 0 bridgehead atoms. The lowest BCUT2D eigenvalue weighted by Gasteiger charge is -2.04. The minimum absolute atomic E-state index is 0.171. The van der Waals surface area contributed by atoms with Crippen molar-refractivity contribution in [1.82, 2.24) is 9.94 Å². The van der Waals surface area contributed by atoms with Gasteiger partial charge in [-0.05, 0) is 6.07 Å². The van der Waals surface area contributed by atoms with Crippen molar-refractivity contribution in [2.24, 2.45) is 0 Å². The predicted octanol–water partition coefficient (Wildman–Crippen LogP) is 2.14. The third-order valence-electron chi connectivity index (χ3n) is 1.64. The van der Waals surface area contributed by atoms with Gasteiger partial charge in [-0.15, -0.1) is 9.94 Å². The Morgan fingerprint density at radius 3 is 2.33 bits per heavy atom. The van der Waals surface area contributed by atoms with Crippen molar-refractivity contribution < 1.29 is 18.0 Å². The van der Waals surface area contributed by atoms with Crippen LogP contribution in [0.15, 0.2) is 30.6 Å². The molecule has 15 heavy (non-hydrogen) atoms. The van der Waals surface area contributed by atoms with Gasteiger partial charge in [0.25, 0.3) is 0 Å². The zero-order valence-electron chi connectivity index (χ0n) is 7.32. The van der Waals surface area contributed by atoms with Gasteiger partial charge in [-0.1, -0.05) is 0 Å². The van der Waals surface area contributed by atoms with Gasteiger partial charge < -0.3 is 4.84 Å². The smallest absolute Gasteiger partial charge is 0.194 e. The average Bonchev–Trinajstić information content (AvgIpc) is 2.66. The first kappa shape index (κ1) is 9.57. The van der Waals surface area contributed by atoms with Crippen LogP contribution < -0.4 is 4.84 Å². The van der Waals surface area contributed by atoms with E-state index in [1.54, 1.807) is 6.07 Å². The molecule has 6 heteroatoms. The molecule has 0 fully saturated rings. The van der Waals surface area contributed by atoms with E-state index in [4.69, 9.17) is 4.84 Å². The number of hydrogen-bond donors (Lipinski definition) is 0. The molecule has 2 rings (SSSR count). The van der Waals surface area contributed by atoms with E-state index in [1.165, 1.54) is 12.4 Å². The minimum Gasteiger partial charge on any atom is -0.358 e. The van der Waals surface area contributed by atoms with Gasteiger partial charge in [-0.2, -0.15) is 0 Å². The van der Waals surface area contributed by atoms with Crippen LogP contribution in [0.5, 0.6) is 5.75 Å². The van der Waals surface area contributed by atoms with Crippen LogP contribution in [-0.2, 0) is 0 Å². The van der Waals surface area contributed by atoms with E-state index in [2.05, 4.69) is 5.10 Å². The second-order valence-corrected chi connectivity index (χ2v) is 2.70. The SMILES string of the molecule is Fc1cc(On2cccn2)cc(F)c1F. The monoisotopic (exact) mass is 214 g/mol. The molecule has 0 atom stereocenters. The minimum atomic E-state index is -1.53. The molecule has 0 spiro atoms. The summed E-state index contributed by atoms with van der Waals surface area (Å²) in [7, 11) is 0. The van der Waals surface area contributed by atoms with Crippen molar-refractivity contribution >= 4 is 0 Å². The first-order chi connectivity index (χ1) is 7.16. The molecule has 0 unspecified atom stereocenters. The standard InChI is InChI=1S/C9H5F3N2O/c10-7-4-6(5-8(11)9(7)12)15-14-3-1-2-13-14/h1-5H. The first-order valence-electron chi connectivity index (χ1n) is 3.99. The lowest BCUT2D eigenvalue weighted by Crippen LogP contribution is -2.06. The van der Waals surface area contributed by atoms with Gasteiger partial charge in [-0.25, -0.2) is 13.2 Å². The fourth-order valence-electron chi connectivity index (χ4n) is 1.00.